The molecular weight excluding hydrogens is 434 g/mol. The molecule has 158 valence electrons. The fourth-order valence-corrected chi connectivity index (χ4v) is 7.80. The average Bonchev–Trinajstić information content (AvgIpc) is 3.17. The lowest BCUT2D eigenvalue weighted by molar-refractivity contribution is -0.0811. The number of thiazole rings is 1. The maximum atomic E-state index is 12.7. The van der Waals surface area contributed by atoms with Gasteiger partial charge in [-0.15, -0.1) is 11.3 Å². The summed E-state index contributed by atoms with van der Waals surface area (Å²) in [6.45, 7) is 0. The van der Waals surface area contributed by atoms with Gasteiger partial charge in [0, 0.05) is 17.2 Å². The molecule has 7 rings (SSSR count). The highest BCUT2D eigenvalue weighted by Gasteiger charge is 2.70. The Bertz CT molecular complexity index is 1400. The van der Waals surface area contributed by atoms with E-state index in [0.717, 1.165) is 34.5 Å². The first-order chi connectivity index (χ1) is 14.7. The van der Waals surface area contributed by atoms with Gasteiger partial charge in [-0.3, -0.25) is 4.79 Å². The predicted octanol–water partition coefficient (Wildman–Crippen LogP) is 3.40. The molecule has 3 aromatic rings. The molecule has 9 heteroatoms. The van der Waals surface area contributed by atoms with E-state index in [4.69, 9.17) is 14.7 Å². The number of benzene rings is 1. The van der Waals surface area contributed by atoms with Crippen molar-refractivity contribution in [2.24, 2.45) is 0 Å². The van der Waals surface area contributed by atoms with E-state index in [1.807, 2.05) is 12.1 Å². The molecule has 0 unspecified atom stereocenters. The van der Waals surface area contributed by atoms with E-state index in [9.17, 15) is 13.2 Å². The van der Waals surface area contributed by atoms with E-state index in [1.165, 1.54) is 6.26 Å². The van der Waals surface area contributed by atoms with E-state index in [2.05, 4.69) is 11.4 Å². The number of hydrogen-bond donors (Lipinski definition) is 1. The highest BCUT2D eigenvalue weighted by Crippen LogP contribution is 2.68. The summed E-state index contributed by atoms with van der Waals surface area (Å²) in [6.07, 6.45) is 4.77. The number of aromatic nitrogens is 1. The molecule has 1 aromatic carbocycles. The van der Waals surface area contributed by atoms with Crippen molar-refractivity contribution < 1.29 is 17.6 Å². The van der Waals surface area contributed by atoms with Crippen molar-refractivity contribution in [3.63, 3.8) is 0 Å². The predicted molar refractivity (Wildman–Crippen MR) is 115 cm³/mol. The summed E-state index contributed by atoms with van der Waals surface area (Å²) in [6, 6.07) is 10.9. The zero-order valence-electron chi connectivity index (χ0n) is 16.8. The number of carbonyl (C=O) groups excluding carboxylic acids is 1. The molecule has 7 nitrogen and oxygen atoms in total. The van der Waals surface area contributed by atoms with Gasteiger partial charge in [-0.2, -0.15) is 5.26 Å². The third-order valence-corrected chi connectivity index (χ3v) is 10.4. The van der Waals surface area contributed by atoms with Gasteiger partial charge in [0.2, 0.25) is 0 Å². The highest BCUT2D eigenvalue weighted by molar-refractivity contribution is 7.91. The molecule has 2 heterocycles. The Kier molecular flexibility index (Phi) is 3.53. The van der Waals surface area contributed by atoms with Crippen LogP contribution in [0.2, 0.25) is 0 Å². The summed E-state index contributed by atoms with van der Waals surface area (Å²) >= 11 is 1.63. The van der Waals surface area contributed by atoms with Crippen LogP contribution in [0.1, 0.15) is 59.0 Å². The Morgan fingerprint density at radius 2 is 1.97 bits per heavy atom. The normalized spacial score (nSPS) is 27.7. The summed E-state index contributed by atoms with van der Waals surface area (Å²) in [5, 5.41) is 13.3. The lowest BCUT2D eigenvalue weighted by Crippen LogP contribution is -2.76. The van der Waals surface area contributed by atoms with Crippen LogP contribution < -0.4 is 5.32 Å². The molecular formula is C22H19N3O4S2. The number of nitriles is 1. The minimum Gasteiger partial charge on any atom is -0.454 e. The van der Waals surface area contributed by atoms with Gasteiger partial charge >= 0.3 is 0 Å². The molecule has 4 saturated carbocycles. The first-order valence-corrected chi connectivity index (χ1v) is 12.8. The van der Waals surface area contributed by atoms with Crippen molar-refractivity contribution >= 4 is 37.3 Å². The standard InChI is InChI=1S/C22H19N3O4S2/c1-31(27,28)22(6-7-22)17-5-4-15(29-17)18(26)25-21-10-20(11-21,12-21)19-24-14-3-2-13(9-23)8-16(14)30-19/h2-5,8H,6-7,10-12H2,1H3,(H,25,26). The second-order valence-electron chi connectivity index (χ2n) is 9.29. The number of nitrogens with zero attached hydrogens (tertiary/aromatic N) is 2. The van der Waals surface area contributed by atoms with Gasteiger partial charge in [0.15, 0.2) is 15.6 Å². The SMILES string of the molecule is CS(=O)(=O)C1(c2ccc(C(=O)NC34CC(c5nc6ccc(C#N)cc6s5)(C3)C4)o2)CC1. The number of nitrogens with one attached hydrogen (secondary N) is 1. The molecule has 4 aliphatic carbocycles. The highest BCUT2D eigenvalue weighted by atomic mass is 32.2. The second kappa shape index (κ2) is 5.75. The number of fused-ring (bicyclic) bond motifs is 1. The van der Waals surface area contributed by atoms with Crippen LogP contribution in [0.5, 0.6) is 0 Å². The van der Waals surface area contributed by atoms with Crippen LogP contribution in [-0.4, -0.2) is 31.1 Å². The summed E-state index contributed by atoms with van der Waals surface area (Å²) in [5.41, 5.74) is 1.30. The van der Waals surface area contributed by atoms with Gasteiger partial charge < -0.3 is 9.73 Å². The molecule has 4 aliphatic rings. The molecule has 2 aromatic heterocycles. The van der Waals surface area contributed by atoms with E-state index < -0.39 is 14.6 Å². The Morgan fingerprint density at radius 1 is 1.23 bits per heavy atom. The maximum Gasteiger partial charge on any atom is 0.287 e. The second-order valence-corrected chi connectivity index (χ2v) is 12.6. The van der Waals surface area contributed by atoms with Gasteiger partial charge in [-0.1, -0.05) is 0 Å². The molecule has 1 amide bonds. The third kappa shape index (κ3) is 2.58. The van der Waals surface area contributed by atoms with Crippen LogP contribution >= 0.6 is 11.3 Å². The van der Waals surface area contributed by atoms with Crippen molar-refractivity contribution in [2.75, 3.05) is 6.26 Å². The zero-order valence-corrected chi connectivity index (χ0v) is 18.4. The number of furan rings is 1. The summed E-state index contributed by atoms with van der Waals surface area (Å²) < 4.78 is 29.9. The number of rotatable bonds is 5. The van der Waals surface area contributed by atoms with Crippen LogP contribution in [0, 0.1) is 11.3 Å². The Labute approximate surface area is 183 Å². The summed E-state index contributed by atoms with van der Waals surface area (Å²) in [7, 11) is -3.28. The van der Waals surface area contributed by atoms with Crippen molar-refractivity contribution in [3.8, 4) is 6.07 Å². The van der Waals surface area contributed by atoms with Gasteiger partial charge in [-0.25, -0.2) is 13.4 Å². The minimum atomic E-state index is -3.28. The Hall–Kier alpha value is -2.70. The summed E-state index contributed by atoms with van der Waals surface area (Å²) in [4.78, 5) is 17.5. The topological polar surface area (TPSA) is 113 Å². The van der Waals surface area contributed by atoms with Crippen molar-refractivity contribution in [1.29, 1.82) is 5.26 Å². The number of carbonyl (C=O) groups is 1. The van der Waals surface area contributed by atoms with Gasteiger partial charge in [-0.05, 0) is 62.4 Å². The lowest BCUT2D eigenvalue weighted by Gasteiger charge is -2.69. The number of amides is 1. The van der Waals surface area contributed by atoms with Gasteiger partial charge in [0.1, 0.15) is 15.5 Å². The van der Waals surface area contributed by atoms with Crippen LogP contribution in [0.25, 0.3) is 10.2 Å². The average molecular weight is 454 g/mol. The lowest BCUT2D eigenvalue weighted by atomic mass is 9.39. The van der Waals surface area contributed by atoms with Crippen molar-refractivity contribution in [2.45, 2.75) is 47.8 Å². The number of sulfone groups is 1. The van der Waals surface area contributed by atoms with Gasteiger partial charge in [0.25, 0.3) is 5.91 Å². The molecule has 0 radical (unpaired) electrons. The minimum absolute atomic E-state index is 0.00641. The zero-order chi connectivity index (χ0) is 21.6. The Balaban J connectivity index is 1.16. The van der Waals surface area contributed by atoms with E-state index in [1.54, 1.807) is 29.5 Å². The van der Waals surface area contributed by atoms with Crippen molar-refractivity contribution in [3.05, 3.63) is 52.4 Å². The van der Waals surface area contributed by atoms with Crippen LogP contribution in [0.3, 0.4) is 0 Å². The van der Waals surface area contributed by atoms with Crippen molar-refractivity contribution in [1.82, 2.24) is 10.3 Å². The van der Waals surface area contributed by atoms with Crippen LogP contribution in [0.15, 0.2) is 34.7 Å². The van der Waals surface area contributed by atoms with Gasteiger partial charge in [0.05, 0.1) is 21.8 Å². The quantitative estimate of drug-likeness (QED) is 0.633. The first-order valence-electron chi connectivity index (χ1n) is 10.1. The van der Waals surface area contributed by atoms with Crippen LogP contribution in [0.4, 0.5) is 0 Å². The molecule has 0 saturated heterocycles. The monoisotopic (exact) mass is 453 g/mol. The molecule has 4 fully saturated rings. The van der Waals surface area contributed by atoms with E-state index >= 15 is 0 Å². The van der Waals surface area contributed by atoms with E-state index in [-0.39, 0.29) is 22.6 Å². The molecule has 0 spiro atoms. The Morgan fingerprint density at radius 3 is 2.61 bits per heavy atom. The first kappa shape index (κ1) is 19.0. The largest absolute Gasteiger partial charge is 0.454 e. The molecule has 31 heavy (non-hydrogen) atoms. The molecule has 1 N–H and O–H groups in total. The summed E-state index contributed by atoms with van der Waals surface area (Å²) in [5.74, 6) is 0.222. The smallest absolute Gasteiger partial charge is 0.287 e. The molecule has 0 atom stereocenters. The van der Waals surface area contributed by atoms with E-state index in [0.29, 0.717) is 24.2 Å². The number of hydrogen-bond acceptors (Lipinski definition) is 7. The fourth-order valence-electron chi connectivity index (χ4n) is 5.29. The van der Waals surface area contributed by atoms with Crippen LogP contribution in [-0.2, 0) is 20.0 Å². The maximum absolute atomic E-state index is 12.7. The molecule has 2 bridgehead atoms. The fraction of sp³-hybridized carbons (Fsp3) is 0.409. The third-order valence-electron chi connectivity index (χ3n) is 7.07. The molecule has 0 aliphatic heterocycles.